The van der Waals surface area contributed by atoms with Crippen molar-refractivity contribution in [3.63, 3.8) is 0 Å². The second-order valence-corrected chi connectivity index (χ2v) is 19.2. The summed E-state index contributed by atoms with van der Waals surface area (Å²) in [6.07, 6.45) is 1.20. The molecular weight excluding hydrogens is 801 g/mol. The van der Waals surface area contributed by atoms with Crippen LogP contribution in [0.4, 0.5) is 0 Å². The molecule has 2 aromatic rings. The van der Waals surface area contributed by atoms with Gasteiger partial charge in [-0.05, 0) is 79.3 Å². The minimum atomic E-state index is -1.44. The van der Waals surface area contributed by atoms with Crippen molar-refractivity contribution in [1.82, 2.24) is 19.8 Å². The normalized spacial score (nSPS) is 38.6. The Morgan fingerprint density at radius 2 is 1.79 bits per heavy atom. The van der Waals surface area contributed by atoms with Crippen LogP contribution in [0.5, 0.6) is 0 Å². The average molecular weight is 863 g/mol. The topological polar surface area (TPSA) is 167 Å². The minimum Gasteiger partial charge on any atom is -0.458 e. The Balaban J connectivity index is 1.44. The maximum atomic E-state index is 15.3. The van der Waals surface area contributed by atoms with Crippen LogP contribution in [-0.4, -0.2) is 136 Å². The molecule has 0 amide bonds. The number of carbonyl (C=O) groups excluding carboxylic acids is 4. The van der Waals surface area contributed by atoms with Gasteiger partial charge in [0.05, 0.1) is 27.6 Å². The molecular formula is C46H62N4O10S. The lowest BCUT2D eigenvalue weighted by molar-refractivity contribution is -0.296. The van der Waals surface area contributed by atoms with Crippen molar-refractivity contribution >= 4 is 34.8 Å². The van der Waals surface area contributed by atoms with E-state index >= 15 is 4.79 Å². The van der Waals surface area contributed by atoms with E-state index in [9.17, 15) is 19.5 Å². The Morgan fingerprint density at radius 3 is 2.44 bits per heavy atom. The molecule has 14 atom stereocenters. The number of aromatic nitrogens is 2. The number of carbonyl (C=O) groups is 4. The summed E-state index contributed by atoms with van der Waals surface area (Å²) in [7, 11) is 3.74. The number of nitrogens with zero attached hydrogens (tertiary/aromatic N) is 4. The Kier molecular flexibility index (Phi) is 14.1. The van der Waals surface area contributed by atoms with Crippen LogP contribution in [0.3, 0.4) is 0 Å². The second-order valence-electron chi connectivity index (χ2n) is 18.1. The van der Waals surface area contributed by atoms with Crippen LogP contribution < -0.4 is 0 Å². The predicted molar refractivity (Wildman–Crippen MR) is 228 cm³/mol. The Labute approximate surface area is 363 Å². The molecule has 0 aliphatic carbocycles. The fourth-order valence-electron chi connectivity index (χ4n) is 10.5. The number of ether oxygens (including phenoxy) is 5. The number of ketones is 2. The highest BCUT2D eigenvalue weighted by Crippen LogP contribution is 2.56. The number of esters is 2. The van der Waals surface area contributed by atoms with Crippen molar-refractivity contribution in [1.29, 1.82) is 0 Å². The van der Waals surface area contributed by atoms with Gasteiger partial charge >= 0.3 is 11.9 Å². The lowest BCUT2D eigenvalue weighted by Gasteiger charge is -2.48. The number of likely N-dealkylation sites (N-methyl/N-ethyl adjacent to an activating group) is 1. The minimum absolute atomic E-state index is 0.0513. The summed E-state index contributed by atoms with van der Waals surface area (Å²) in [5.41, 5.74) is -3.97. The van der Waals surface area contributed by atoms with Gasteiger partial charge in [-0.1, -0.05) is 45.6 Å². The van der Waals surface area contributed by atoms with E-state index in [1.807, 2.05) is 63.7 Å². The molecule has 0 aromatic carbocycles. The smallest absolute Gasteiger partial charge is 0.324 e. The van der Waals surface area contributed by atoms with Gasteiger partial charge in [0.15, 0.2) is 23.5 Å². The molecule has 0 radical (unpaired) electrons. The molecule has 14 nitrogen and oxygen atoms in total. The SMILES string of the molecule is C=CCN1C[C@@]2(C)C(=O)[C@H](C)C[C@](C)(OCC#Cc3ccc(-c4ncccn4)s3)[C@H](O[C@@H]3O[C@H](C)C[C@H](N(C)C)[C@H]3O)[C@@H](C)C(=O)[C@@H](C)C(=O)O[C@H](CC)[C@@]3(C)OC(=O)[C@H]1[C@@H]32. The lowest BCUT2D eigenvalue weighted by Crippen LogP contribution is -2.60. The third kappa shape index (κ3) is 9.00. The van der Waals surface area contributed by atoms with Crippen molar-refractivity contribution in [2.45, 2.75) is 129 Å². The zero-order chi connectivity index (χ0) is 44.6. The summed E-state index contributed by atoms with van der Waals surface area (Å²) in [5, 5.41) is 11.7. The van der Waals surface area contributed by atoms with Gasteiger partial charge in [0.25, 0.3) is 0 Å². The third-order valence-corrected chi connectivity index (χ3v) is 14.4. The van der Waals surface area contributed by atoms with Gasteiger partial charge in [-0.25, -0.2) is 9.97 Å². The summed E-state index contributed by atoms with van der Waals surface area (Å²) < 4.78 is 32.2. The summed E-state index contributed by atoms with van der Waals surface area (Å²) in [6, 6.07) is 4.41. The fraction of sp³-hybridized carbons (Fsp3) is 0.652. The van der Waals surface area contributed by atoms with Crippen LogP contribution in [0.25, 0.3) is 10.7 Å². The molecule has 6 rings (SSSR count). The van der Waals surface area contributed by atoms with E-state index in [2.05, 4.69) is 28.4 Å². The molecule has 0 spiro atoms. The summed E-state index contributed by atoms with van der Waals surface area (Å²) in [6.45, 7) is 18.4. The largest absolute Gasteiger partial charge is 0.458 e. The summed E-state index contributed by atoms with van der Waals surface area (Å²) >= 11 is 1.43. The van der Waals surface area contributed by atoms with Crippen LogP contribution in [-0.2, 0) is 42.9 Å². The van der Waals surface area contributed by atoms with Gasteiger partial charge in [-0.3, -0.25) is 24.1 Å². The summed E-state index contributed by atoms with van der Waals surface area (Å²) in [4.78, 5) is 72.0. The molecule has 4 aliphatic heterocycles. The van der Waals surface area contributed by atoms with Crippen LogP contribution in [0.1, 0.15) is 79.5 Å². The van der Waals surface area contributed by atoms with Crippen LogP contribution in [0, 0.1) is 40.9 Å². The van der Waals surface area contributed by atoms with E-state index in [-0.39, 0.29) is 43.9 Å². The van der Waals surface area contributed by atoms with E-state index in [0.29, 0.717) is 18.8 Å². The molecule has 6 heterocycles. The third-order valence-electron chi connectivity index (χ3n) is 13.4. The van der Waals surface area contributed by atoms with E-state index in [4.69, 9.17) is 23.7 Å². The van der Waals surface area contributed by atoms with Gasteiger partial charge < -0.3 is 33.7 Å². The van der Waals surface area contributed by atoms with Gasteiger partial charge in [-0.2, -0.15) is 0 Å². The van der Waals surface area contributed by atoms with Crippen molar-refractivity contribution in [3.8, 4) is 22.5 Å². The number of aliphatic hydroxyl groups excluding tert-OH is 1. The first-order valence-corrected chi connectivity index (χ1v) is 22.1. The molecule has 0 bridgehead atoms. The monoisotopic (exact) mass is 862 g/mol. The number of thiophene rings is 1. The number of rotatable bonds is 9. The number of likely N-dealkylation sites (tertiary alicyclic amines) is 1. The maximum absolute atomic E-state index is 15.3. The summed E-state index contributed by atoms with van der Waals surface area (Å²) in [5.74, 6) is 1.22. The zero-order valence-electron chi connectivity index (χ0n) is 37.1. The predicted octanol–water partition coefficient (Wildman–Crippen LogP) is 4.72. The van der Waals surface area contributed by atoms with Crippen molar-refractivity contribution < 1.29 is 48.0 Å². The zero-order valence-corrected chi connectivity index (χ0v) is 37.9. The van der Waals surface area contributed by atoms with E-state index in [0.717, 1.165) is 9.75 Å². The molecule has 1 N–H and O–H groups in total. The Bertz CT molecular complexity index is 2020. The van der Waals surface area contributed by atoms with Crippen LogP contribution in [0.2, 0.25) is 0 Å². The second kappa shape index (κ2) is 18.5. The van der Waals surface area contributed by atoms with Gasteiger partial charge in [-0.15, -0.1) is 17.9 Å². The van der Waals surface area contributed by atoms with E-state index in [1.54, 1.807) is 45.3 Å². The molecule has 4 saturated heterocycles. The highest BCUT2D eigenvalue weighted by molar-refractivity contribution is 7.15. The Morgan fingerprint density at radius 1 is 1.08 bits per heavy atom. The molecule has 4 aliphatic rings. The lowest BCUT2D eigenvalue weighted by atomic mass is 9.62. The van der Waals surface area contributed by atoms with Crippen LogP contribution >= 0.6 is 11.3 Å². The Hall–Kier alpha value is -3.88. The van der Waals surface area contributed by atoms with Gasteiger partial charge in [0.2, 0.25) is 0 Å². The fourth-order valence-corrected chi connectivity index (χ4v) is 11.3. The molecule has 15 heteroatoms. The van der Waals surface area contributed by atoms with Gasteiger partial charge in [0.1, 0.15) is 36.6 Å². The molecule has 0 saturated carbocycles. The molecule has 4 fully saturated rings. The molecule has 61 heavy (non-hydrogen) atoms. The number of aliphatic hydroxyl groups is 1. The van der Waals surface area contributed by atoms with Crippen molar-refractivity contribution in [3.05, 3.63) is 48.1 Å². The first kappa shape index (κ1) is 46.6. The highest BCUT2D eigenvalue weighted by Gasteiger charge is 2.71. The maximum Gasteiger partial charge on any atom is 0.324 e. The first-order chi connectivity index (χ1) is 28.8. The van der Waals surface area contributed by atoms with Crippen molar-refractivity contribution in [2.75, 3.05) is 33.8 Å². The molecule has 0 unspecified atom stereocenters. The van der Waals surface area contributed by atoms with E-state index < -0.39 is 88.7 Å². The van der Waals surface area contributed by atoms with E-state index in [1.165, 1.54) is 18.3 Å². The number of Topliss-reactive ketones (excluding diaryl/α,β-unsaturated/α-hetero) is 2. The average Bonchev–Trinajstić information content (AvgIpc) is 3.91. The highest BCUT2D eigenvalue weighted by atomic mass is 32.1. The standard InChI is InChI=1S/C46H62N4O10S/c1-12-21-50-25-44(7)37-34(50)42(55)60-46(37,9)33(13-2)58-41(54)29(6)35(51)28(5)39(59-43-36(52)31(49(10)11)23-27(4)57-43)45(8,24-26(3)38(44)53)56-22-14-16-30-17-18-32(61-30)40-47-19-15-20-48-40/h12,15,17-20,26-29,31,33-34,36-37,39,43,52H,1,13,21-25H2,2-11H3/t26-,27-,28+,29-,31+,33-,34-,36-,37-,39-,43+,44-,45+,46-/m1/s1. The number of hydrogen-bond acceptors (Lipinski definition) is 15. The molecule has 332 valence electrons. The van der Waals surface area contributed by atoms with Gasteiger partial charge in [0, 0.05) is 54.7 Å². The van der Waals surface area contributed by atoms with Crippen LogP contribution in [0.15, 0.2) is 43.2 Å². The number of hydrogen-bond donors (Lipinski definition) is 1. The quantitative estimate of drug-likeness (QED) is 0.159. The number of cyclic esters (lactones) is 1. The molecule has 2 aromatic heterocycles. The van der Waals surface area contributed by atoms with Crippen molar-refractivity contribution in [2.24, 2.45) is 29.1 Å². The first-order valence-electron chi connectivity index (χ1n) is 21.3.